The number of nitrogens with zero attached hydrogens (tertiary/aromatic N) is 3. The third-order valence-corrected chi connectivity index (χ3v) is 3.28. The Balaban J connectivity index is 1.58. The minimum absolute atomic E-state index is 0.708. The van der Waals surface area contributed by atoms with E-state index in [4.69, 9.17) is 4.74 Å². The molecular weight excluding hydrogens is 252 g/mol. The lowest BCUT2D eigenvalue weighted by Gasteiger charge is -2.27. The van der Waals surface area contributed by atoms with Gasteiger partial charge in [0.15, 0.2) is 0 Å². The maximum atomic E-state index is 5.34. The van der Waals surface area contributed by atoms with E-state index in [0.29, 0.717) is 6.54 Å². The standard InChI is InChI=1S/C15H18N4O/c1-2-6-16-13(3-1)11-17-14-4-5-15(18-12-14)19-7-9-20-10-8-19/h1-6,12,17H,7-11H2. The molecule has 1 N–H and O–H groups in total. The molecule has 20 heavy (non-hydrogen) atoms. The van der Waals surface area contributed by atoms with Gasteiger partial charge in [-0.15, -0.1) is 0 Å². The lowest BCUT2D eigenvalue weighted by atomic mass is 10.3. The zero-order chi connectivity index (χ0) is 13.6. The van der Waals surface area contributed by atoms with Crippen LogP contribution in [0.1, 0.15) is 5.69 Å². The molecule has 0 radical (unpaired) electrons. The number of hydrogen-bond acceptors (Lipinski definition) is 5. The Morgan fingerprint density at radius 1 is 1.10 bits per heavy atom. The first-order chi connectivity index (χ1) is 9.92. The molecule has 3 rings (SSSR count). The number of nitrogens with one attached hydrogen (secondary N) is 1. The van der Waals surface area contributed by atoms with Gasteiger partial charge in [-0.2, -0.15) is 0 Å². The zero-order valence-corrected chi connectivity index (χ0v) is 11.3. The summed E-state index contributed by atoms with van der Waals surface area (Å²) in [4.78, 5) is 11.0. The maximum absolute atomic E-state index is 5.34. The predicted molar refractivity (Wildman–Crippen MR) is 78.8 cm³/mol. The predicted octanol–water partition coefficient (Wildman–Crippen LogP) is 1.93. The molecule has 0 aliphatic carbocycles. The van der Waals surface area contributed by atoms with Gasteiger partial charge in [0.2, 0.25) is 0 Å². The highest BCUT2D eigenvalue weighted by Crippen LogP contribution is 2.15. The van der Waals surface area contributed by atoms with E-state index in [0.717, 1.165) is 43.5 Å². The van der Waals surface area contributed by atoms with Gasteiger partial charge in [-0.3, -0.25) is 4.98 Å². The Hall–Kier alpha value is -2.14. The Morgan fingerprint density at radius 3 is 2.70 bits per heavy atom. The molecule has 0 spiro atoms. The number of ether oxygens (including phenoxy) is 1. The third-order valence-electron chi connectivity index (χ3n) is 3.28. The van der Waals surface area contributed by atoms with E-state index >= 15 is 0 Å². The summed E-state index contributed by atoms with van der Waals surface area (Å²) < 4.78 is 5.34. The van der Waals surface area contributed by atoms with Crippen LogP contribution < -0.4 is 10.2 Å². The van der Waals surface area contributed by atoms with Crippen LogP contribution in [0.5, 0.6) is 0 Å². The fourth-order valence-corrected chi connectivity index (χ4v) is 2.17. The van der Waals surface area contributed by atoms with Crippen molar-refractivity contribution in [1.29, 1.82) is 0 Å². The van der Waals surface area contributed by atoms with Crippen LogP contribution in [0.2, 0.25) is 0 Å². The number of pyridine rings is 2. The van der Waals surface area contributed by atoms with Gasteiger partial charge in [0.05, 0.1) is 37.3 Å². The van der Waals surface area contributed by atoms with Crippen LogP contribution in [0.4, 0.5) is 11.5 Å². The zero-order valence-electron chi connectivity index (χ0n) is 11.3. The fraction of sp³-hybridized carbons (Fsp3) is 0.333. The topological polar surface area (TPSA) is 50.3 Å². The minimum Gasteiger partial charge on any atom is -0.378 e. The summed E-state index contributed by atoms with van der Waals surface area (Å²) in [6.45, 7) is 4.09. The lowest BCUT2D eigenvalue weighted by Crippen LogP contribution is -2.36. The number of hydrogen-bond donors (Lipinski definition) is 1. The van der Waals surface area contributed by atoms with Crippen LogP contribution in [0.25, 0.3) is 0 Å². The van der Waals surface area contributed by atoms with E-state index < -0.39 is 0 Å². The molecule has 2 aromatic rings. The van der Waals surface area contributed by atoms with Crippen molar-refractivity contribution in [3.05, 3.63) is 48.4 Å². The molecule has 0 saturated carbocycles. The molecule has 0 amide bonds. The van der Waals surface area contributed by atoms with Gasteiger partial charge < -0.3 is 15.0 Å². The molecule has 2 aromatic heterocycles. The van der Waals surface area contributed by atoms with E-state index in [1.165, 1.54) is 0 Å². The fourth-order valence-electron chi connectivity index (χ4n) is 2.17. The second-order valence-electron chi connectivity index (χ2n) is 4.68. The van der Waals surface area contributed by atoms with Gasteiger partial charge in [0, 0.05) is 19.3 Å². The van der Waals surface area contributed by atoms with Crippen LogP contribution in [-0.4, -0.2) is 36.3 Å². The molecule has 0 aromatic carbocycles. The SMILES string of the molecule is c1ccc(CNc2ccc(N3CCOCC3)nc2)nc1. The van der Waals surface area contributed by atoms with E-state index in [1.54, 1.807) is 6.20 Å². The van der Waals surface area contributed by atoms with Crippen LogP contribution in [0.15, 0.2) is 42.7 Å². The molecule has 1 aliphatic heterocycles. The average Bonchev–Trinajstić information content (AvgIpc) is 2.55. The second kappa shape index (κ2) is 6.34. The van der Waals surface area contributed by atoms with Crippen molar-refractivity contribution >= 4 is 11.5 Å². The Kier molecular flexibility index (Phi) is 4.08. The molecule has 5 nitrogen and oxygen atoms in total. The normalized spacial score (nSPS) is 15.1. The molecule has 0 bridgehead atoms. The molecule has 1 aliphatic rings. The molecule has 0 unspecified atom stereocenters. The summed E-state index contributed by atoms with van der Waals surface area (Å²) in [6.07, 6.45) is 3.67. The average molecular weight is 270 g/mol. The summed E-state index contributed by atoms with van der Waals surface area (Å²) >= 11 is 0. The first-order valence-corrected chi connectivity index (χ1v) is 6.84. The quantitative estimate of drug-likeness (QED) is 0.920. The van der Waals surface area contributed by atoms with Gasteiger partial charge in [0.1, 0.15) is 5.82 Å². The molecule has 5 heteroatoms. The summed E-state index contributed by atoms with van der Waals surface area (Å²) in [5.74, 6) is 1.01. The lowest BCUT2D eigenvalue weighted by molar-refractivity contribution is 0.122. The summed E-state index contributed by atoms with van der Waals surface area (Å²) in [5.41, 5.74) is 2.03. The Bertz CT molecular complexity index is 523. The van der Waals surface area contributed by atoms with Crippen molar-refractivity contribution in [3.8, 4) is 0 Å². The summed E-state index contributed by atoms with van der Waals surface area (Å²) in [5, 5.41) is 3.32. The van der Waals surface area contributed by atoms with Crippen molar-refractivity contribution in [2.45, 2.75) is 6.54 Å². The van der Waals surface area contributed by atoms with Crippen molar-refractivity contribution in [3.63, 3.8) is 0 Å². The highest BCUT2D eigenvalue weighted by molar-refractivity contribution is 5.48. The minimum atomic E-state index is 0.708. The van der Waals surface area contributed by atoms with Gasteiger partial charge in [-0.05, 0) is 24.3 Å². The Labute approximate surface area is 118 Å². The van der Waals surface area contributed by atoms with Crippen LogP contribution in [0.3, 0.4) is 0 Å². The number of anilines is 2. The number of aromatic nitrogens is 2. The van der Waals surface area contributed by atoms with Crippen LogP contribution in [-0.2, 0) is 11.3 Å². The summed E-state index contributed by atoms with van der Waals surface area (Å²) in [6, 6.07) is 10.0. The van der Waals surface area contributed by atoms with Crippen LogP contribution in [0, 0.1) is 0 Å². The monoisotopic (exact) mass is 270 g/mol. The summed E-state index contributed by atoms with van der Waals surface area (Å²) in [7, 11) is 0. The first-order valence-electron chi connectivity index (χ1n) is 6.84. The highest BCUT2D eigenvalue weighted by atomic mass is 16.5. The molecular formula is C15H18N4O. The van der Waals surface area contributed by atoms with E-state index in [9.17, 15) is 0 Å². The third kappa shape index (κ3) is 3.24. The van der Waals surface area contributed by atoms with Gasteiger partial charge in [-0.25, -0.2) is 4.98 Å². The highest BCUT2D eigenvalue weighted by Gasteiger charge is 2.11. The van der Waals surface area contributed by atoms with Crippen molar-refractivity contribution in [1.82, 2.24) is 9.97 Å². The first kappa shape index (κ1) is 12.9. The number of rotatable bonds is 4. The Morgan fingerprint density at radius 2 is 2.00 bits per heavy atom. The van der Waals surface area contributed by atoms with E-state index in [-0.39, 0.29) is 0 Å². The molecule has 3 heterocycles. The van der Waals surface area contributed by atoms with E-state index in [2.05, 4.69) is 26.3 Å². The molecule has 1 fully saturated rings. The van der Waals surface area contributed by atoms with Gasteiger partial charge >= 0.3 is 0 Å². The van der Waals surface area contributed by atoms with Crippen molar-refractivity contribution < 1.29 is 4.74 Å². The molecule has 1 saturated heterocycles. The van der Waals surface area contributed by atoms with Crippen LogP contribution >= 0.6 is 0 Å². The number of morpholine rings is 1. The van der Waals surface area contributed by atoms with E-state index in [1.807, 2.05) is 30.5 Å². The van der Waals surface area contributed by atoms with Gasteiger partial charge in [0.25, 0.3) is 0 Å². The van der Waals surface area contributed by atoms with Crippen molar-refractivity contribution in [2.75, 3.05) is 36.5 Å². The second-order valence-corrected chi connectivity index (χ2v) is 4.68. The van der Waals surface area contributed by atoms with Crippen molar-refractivity contribution in [2.24, 2.45) is 0 Å². The molecule has 0 atom stereocenters. The molecule has 104 valence electrons. The largest absolute Gasteiger partial charge is 0.378 e. The smallest absolute Gasteiger partial charge is 0.128 e. The van der Waals surface area contributed by atoms with Gasteiger partial charge in [-0.1, -0.05) is 6.07 Å². The maximum Gasteiger partial charge on any atom is 0.128 e.